The molecule has 0 saturated heterocycles. The number of hydrogen-bond acceptors (Lipinski definition) is 5. The van der Waals surface area contributed by atoms with E-state index in [0.717, 1.165) is 55.6 Å². The lowest BCUT2D eigenvalue weighted by molar-refractivity contribution is 0.414. The van der Waals surface area contributed by atoms with E-state index in [9.17, 15) is 0 Å². The second-order valence-corrected chi connectivity index (χ2v) is 7.11. The van der Waals surface area contributed by atoms with Gasteiger partial charge in [-0.15, -0.1) is 0 Å². The van der Waals surface area contributed by atoms with Crippen LogP contribution in [-0.4, -0.2) is 30.2 Å². The first kappa shape index (κ1) is 18.3. The highest BCUT2D eigenvalue weighted by molar-refractivity contribution is 5.64. The summed E-state index contributed by atoms with van der Waals surface area (Å²) in [5.74, 6) is 2.53. The predicted octanol–water partition coefficient (Wildman–Crippen LogP) is 4.53. The van der Waals surface area contributed by atoms with E-state index in [4.69, 9.17) is 14.7 Å². The Labute approximate surface area is 166 Å². The number of methoxy groups -OCH3 is 1. The second kappa shape index (κ2) is 8.30. The maximum absolute atomic E-state index is 5.30. The number of nitrogens with one attached hydrogen (secondary N) is 1. The minimum absolute atomic E-state index is 0.774. The number of hydrogen-bond donors (Lipinski definition) is 1. The summed E-state index contributed by atoms with van der Waals surface area (Å²) in [5, 5.41) is 3.46. The molecule has 2 heterocycles. The topological polar surface area (TPSA) is 50.3 Å². The van der Waals surface area contributed by atoms with Gasteiger partial charge in [0.2, 0.25) is 5.95 Å². The molecule has 5 heteroatoms. The number of aryl methyl sites for hydroxylation is 2. The number of para-hydroxylation sites is 1. The average Bonchev–Trinajstić information content (AvgIpc) is 2.73. The molecule has 1 aromatic heterocycles. The first-order chi connectivity index (χ1) is 13.7. The monoisotopic (exact) mass is 374 g/mol. The van der Waals surface area contributed by atoms with Crippen LogP contribution in [0, 0.1) is 6.92 Å². The summed E-state index contributed by atoms with van der Waals surface area (Å²) in [7, 11) is 1.70. The Hall–Kier alpha value is -3.08. The van der Waals surface area contributed by atoms with E-state index >= 15 is 0 Å². The first-order valence-corrected chi connectivity index (χ1v) is 9.81. The number of rotatable bonds is 6. The second-order valence-electron chi connectivity index (χ2n) is 7.11. The van der Waals surface area contributed by atoms with Crippen molar-refractivity contribution in [3.63, 3.8) is 0 Å². The summed E-state index contributed by atoms with van der Waals surface area (Å²) in [6, 6.07) is 18.7. The molecule has 0 radical (unpaired) electrons. The molecular formula is C23H26N4O. The number of ether oxygens (including phenoxy) is 1. The van der Waals surface area contributed by atoms with Gasteiger partial charge in [0.1, 0.15) is 11.6 Å². The summed E-state index contributed by atoms with van der Waals surface area (Å²) in [6.07, 6.45) is 3.14. The van der Waals surface area contributed by atoms with Crippen molar-refractivity contribution < 1.29 is 4.74 Å². The molecule has 1 aliphatic heterocycles. The Balaban J connectivity index is 1.49. The van der Waals surface area contributed by atoms with Crippen molar-refractivity contribution in [1.29, 1.82) is 0 Å². The largest absolute Gasteiger partial charge is 0.497 e. The van der Waals surface area contributed by atoms with Crippen molar-refractivity contribution in [3.8, 4) is 5.75 Å². The summed E-state index contributed by atoms with van der Waals surface area (Å²) < 4.78 is 5.30. The van der Waals surface area contributed by atoms with Crippen LogP contribution in [-0.2, 0) is 12.8 Å². The molecule has 1 N–H and O–H groups in total. The minimum Gasteiger partial charge on any atom is -0.497 e. The molecule has 3 aromatic rings. The Morgan fingerprint density at radius 2 is 1.96 bits per heavy atom. The fourth-order valence-corrected chi connectivity index (χ4v) is 3.67. The maximum atomic E-state index is 5.30. The normalized spacial score (nSPS) is 13.1. The lowest BCUT2D eigenvalue weighted by Gasteiger charge is -2.29. The zero-order valence-electron chi connectivity index (χ0n) is 16.5. The molecule has 0 atom stereocenters. The van der Waals surface area contributed by atoms with Crippen LogP contribution in [0.3, 0.4) is 0 Å². The number of fused-ring (bicyclic) bond motifs is 1. The molecule has 0 saturated carbocycles. The van der Waals surface area contributed by atoms with Gasteiger partial charge in [-0.1, -0.05) is 30.3 Å². The van der Waals surface area contributed by atoms with Crippen LogP contribution in [0.25, 0.3) is 0 Å². The Morgan fingerprint density at radius 1 is 1.07 bits per heavy atom. The number of nitrogens with zero attached hydrogens (tertiary/aromatic N) is 3. The van der Waals surface area contributed by atoms with Gasteiger partial charge in [-0.05, 0) is 55.5 Å². The molecule has 4 rings (SSSR count). The highest BCUT2D eigenvalue weighted by Gasteiger charge is 2.20. The van der Waals surface area contributed by atoms with E-state index in [-0.39, 0.29) is 0 Å². The summed E-state index contributed by atoms with van der Waals surface area (Å²) in [6.45, 7) is 3.78. The highest BCUT2D eigenvalue weighted by atomic mass is 16.5. The molecule has 1 aliphatic rings. The standard InChI is InChI=1S/C23H26N4O/c1-17-15-22(24-13-12-18-7-5-10-20(16-18)28-2)26-23(25-17)27-14-6-9-19-8-3-4-11-21(19)27/h3-5,7-8,10-11,15-16H,6,9,12-14H2,1-2H3,(H,24,25,26). The van der Waals surface area contributed by atoms with Crippen LogP contribution < -0.4 is 15.0 Å². The fraction of sp³-hybridized carbons (Fsp3) is 0.304. The zero-order valence-corrected chi connectivity index (χ0v) is 16.5. The van der Waals surface area contributed by atoms with Gasteiger partial charge in [-0.3, -0.25) is 0 Å². The smallest absolute Gasteiger partial charge is 0.232 e. The molecule has 0 aliphatic carbocycles. The molecule has 0 unspecified atom stereocenters. The zero-order chi connectivity index (χ0) is 19.3. The van der Waals surface area contributed by atoms with E-state index in [1.165, 1.54) is 16.8 Å². The van der Waals surface area contributed by atoms with Crippen LogP contribution in [0.1, 0.15) is 23.2 Å². The van der Waals surface area contributed by atoms with Gasteiger partial charge >= 0.3 is 0 Å². The fourth-order valence-electron chi connectivity index (χ4n) is 3.67. The molecule has 144 valence electrons. The number of benzene rings is 2. The van der Waals surface area contributed by atoms with E-state index in [2.05, 4.69) is 46.6 Å². The van der Waals surface area contributed by atoms with Crippen LogP contribution in [0.4, 0.5) is 17.5 Å². The molecule has 0 amide bonds. The molecule has 0 spiro atoms. The highest BCUT2D eigenvalue weighted by Crippen LogP contribution is 2.31. The summed E-state index contributed by atoms with van der Waals surface area (Å²) in [4.78, 5) is 11.7. The van der Waals surface area contributed by atoms with Crippen molar-refractivity contribution in [2.45, 2.75) is 26.2 Å². The Bertz CT molecular complexity index is 957. The molecule has 0 bridgehead atoms. The van der Waals surface area contributed by atoms with Crippen molar-refractivity contribution in [1.82, 2.24) is 9.97 Å². The third-order valence-corrected chi connectivity index (χ3v) is 5.05. The van der Waals surface area contributed by atoms with E-state index in [1.54, 1.807) is 7.11 Å². The predicted molar refractivity (Wildman–Crippen MR) is 114 cm³/mol. The average molecular weight is 374 g/mol. The third kappa shape index (κ3) is 4.09. The molecular weight excluding hydrogens is 348 g/mol. The number of anilines is 3. The third-order valence-electron chi connectivity index (χ3n) is 5.05. The van der Waals surface area contributed by atoms with Gasteiger partial charge in [0.25, 0.3) is 0 Å². The van der Waals surface area contributed by atoms with Gasteiger partial charge in [-0.25, -0.2) is 4.98 Å². The Kier molecular flexibility index (Phi) is 5.42. The van der Waals surface area contributed by atoms with Crippen molar-refractivity contribution in [2.24, 2.45) is 0 Å². The molecule has 28 heavy (non-hydrogen) atoms. The van der Waals surface area contributed by atoms with Crippen molar-refractivity contribution in [3.05, 3.63) is 71.4 Å². The lowest BCUT2D eigenvalue weighted by atomic mass is 10.0. The summed E-state index contributed by atoms with van der Waals surface area (Å²) >= 11 is 0. The summed E-state index contributed by atoms with van der Waals surface area (Å²) in [5.41, 5.74) is 4.80. The van der Waals surface area contributed by atoms with Gasteiger partial charge in [0.05, 0.1) is 7.11 Å². The van der Waals surface area contributed by atoms with Crippen LogP contribution in [0.2, 0.25) is 0 Å². The SMILES string of the molecule is COc1cccc(CCNc2cc(C)nc(N3CCCc4ccccc43)n2)c1. The van der Waals surface area contributed by atoms with Gasteiger partial charge in [0.15, 0.2) is 0 Å². The molecule has 2 aromatic carbocycles. The molecule has 0 fully saturated rings. The van der Waals surface area contributed by atoms with Gasteiger partial charge < -0.3 is 15.0 Å². The lowest BCUT2D eigenvalue weighted by Crippen LogP contribution is -2.26. The Morgan fingerprint density at radius 3 is 2.86 bits per heavy atom. The van der Waals surface area contributed by atoms with E-state index in [0.29, 0.717) is 0 Å². The minimum atomic E-state index is 0.774. The van der Waals surface area contributed by atoms with E-state index < -0.39 is 0 Å². The van der Waals surface area contributed by atoms with Crippen LogP contribution >= 0.6 is 0 Å². The first-order valence-electron chi connectivity index (χ1n) is 9.81. The maximum Gasteiger partial charge on any atom is 0.232 e. The van der Waals surface area contributed by atoms with Crippen LogP contribution in [0.15, 0.2) is 54.6 Å². The van der Waals surface area contributed by atoms with Gasteiger partial charge in [0, 0.05) is 30.5 Å². The van der Waals surface area contributed by atoms with Crippen molar-refractivity contribution >= 4 is 17.5 Å². The quantitative estimate of drug-likeness (QED) is 0.687. The van der Waals surface area contributed by atoms with Crippen LogP contribution in [0.5, 0.6) is 5.75 Å². The molecule has 5 nitrogen and oxygen atoms in total. The van der Waals surface area contributed by atoms with E-state index in [1.807, 2.05) is 25.1 Å². The number of aromatic nitrogens is 2. The van der Waals surface area contributed by atoms with Gasteiger partial charge in [-0.2, -0.15) is 4.98 Å². The van der Waals surface area contributed by atoms with Crippen molar-refractivity contribution in [2.75, 3.05) is 30.4 Å².